The molecule has 3 aromatic rings. The Balaban J connectivity index is 1.60. The molecule has 1 fully saturated rings. The second-order valence-electron chi connectivity index (χ2n) is 7.81. The number of para-hydroxylation sites is 1. The van der Waals surface area contributed by atoms with Crippen molar-refractivity contribution in [3.63, 3.8) is 0 Å². The average Bonchev–Trinajstić information content (AvgIpc) is 3.47. The molecule has 28 heavy (non-hydrogen) atoms. The number of aromatic nitrogens is 2. The first-order valence-corrected chi connectivity index (χ1v) is 10.1. The quantitative estimate of drug-likeness (QED) is 0.683. The lowest BCUT2D eigenvalue weighted by molar-refractivity contribution is 0.755. The summed E-state index contributed by atoms with van der Waals surface area (Å²) in [5.74, 6) is 2.65. The molecule has 2 aliphatic rings. The first-order chi connectivity index (χ1) is 13.7. The van der Waals surface area contributed by atoms with Gasteiger partial charge in [0.1, 0.15) is 17.5 Å². The van der Waals surface area contributed by atoms with Gasteiger partial charge >= 0.3 is 0 Å². The normalized spacial score (nSPS) is 20.0. The van der Waals surface area contributed by atoms with Gasteiger partial charge in [-0.3, -0.25) is 4.99 Å². The third-order valence-corrected chi connectivity index (χ3v) is 5.93. The van der Waals surface area contributed by atoms with Gasteiger partial charge < -0.3 is 5.32 Å². The van der Waals surface area contributed by atoms with Crippen LogP contribution in [-0.4, -0.2) is 21.8 Å². The molecule has 4 heteroatoms. The molecule has 1 unspecified atom stereocenters. The molecule has 1 aliphatic carbocycles. The zero-order valence-electron chi connectivity index (χ0n) is 16.3. The summed E-state index contributed by atoms with van der Waals surface area (Å²) >= 11 is 0. The van der Waals surface area contributed by atoms with Crippen LogP contribution >= 0.6 is 0 Å². The van der Waals surface area contributed by atoms with Gasteiger partial charge in [0.2, 0.25) is 0 Å². The van der Waals surface area contributed by atoms with E-state index in [0.717, 1.165) is 47.6 Å². The molecule has 4 nitrogen and oxygen atoms in total. The summed E-state index contributed by atoms with van der Waals surface area (Å²) < 4.78 is 0. The third kappa shape index (κ3) is 2.80. The number of nitrogens with zero attached hydrogens (tertiary/aromatic N) is 3. The van der Waals surface area contributed by atoms with E-state index in [2.05, 4.69) is 67.7 Å². The summed E-state index contributed by atoms with van der Waals surface area (Å²) in [6, 6.07) is 19.1. The largest absolute Gasteiger partial charge is 0.325 e. The van der Waals surface area contributed by atoms with Crippen molar-refractivity contribution in [2.45, 2.75) is 44.6 Å². The number of fused-ring (bicyclic) bond motifs is 1. The Hall–Kier alpha value is -3.01. The number of benzene rings is 2. The molecule has 1 atom stereocenters. The van der Waals surface area contributed by atoms with Crippen LogP contribution in [0.15, 0.2) is 71.2 Å². The van der Waals surface area contributed by atoms with Crippen LogP contribution in [0, 0.1) is 0 Å². The second-order valence-corrected chi connectivity index (χ2v) is 7.81. The number of rotatable bonds is 4. The van der Waals surface area contributed by atoms with Gasteiger partial charge in [0.15, 0.2) is 0 Å². The van der Waals surface area contributed by atoms with E-state index in [1.165, 1.54) is 11.1 Å². The molecule has 0 bridgehead atoms. The maximum atomic E-state index is 5.02. The Morgan fingerprint density at radius 3 is 2.46 bits per heavy atom. The smallest absolute Gasteiger partial charge is 0.143 e. The maximum absolute atomic E-state index is 5.02. The summed E-state index contributed by atoms with van der Waals surface area (Å²) in [5.41, 5.74) is 3.52. The minimum atomic E-state index is -0.0586. The maximum Gasteiger partial charge on any atom is 0.143 e. The monoisotopic (exact) mass is 368 g/mol. The average molecular weight is 368 g/mol. The van der Waals surface area contributed by atoms with E-state index >= 15 is 0 Å². The Labute approximate surface area is 165 Å². The molecule has 5 rings (SSSR count). The van der Waals surface area contributed by atoms with Gasteiger partial charge in [-0.05, 0) is 55.5 Å². The van der Waals surface area contributed by atoms with E-state index in [1.54, 1.807) is 0 Å². The lowest BCUT2D eigenvalue weighted by Gasteiger charge is -2.17. The minimum absolute atomic E-state index is 0.0586. The molecule has 1 N–H and O–H groups in total. The van der Waals surface area contributed by atoms with Gasteiger partial charge in [-0.2, -0.15) is 0 Å². The highest BCUT2D eigenvalue weighted by atomic mass is 15.1. The number of hydrogen-bond donors (Lipinski definition) is 1. The van der Waals surface area contributed by atoms with E-state index in [4.69, 9.17) is 15.0 Å². The van der Waals surface area contributed by atoms with Crippen molar-refractivity contribution in [2.24, 2.45) is 4.99 Å². The second kappa shape index (κ2) is 6.55. The highest BCUT2D eigenvalue weighted by Crippen LogP contribution is 2.52. The van der Waals surface area contributed by atoms with Crippen LogP contribution in [0.4, 0.5) is 5.82 Å². The predicted molar refractivity (Wildman–Crippen MR) is 115 cm³/mol. The van der Waals surface area contributed by atoms with Crippen molar-refractivity contribution >= 4 is 22.6 Å². The van der Waals surface area contributed by atoms with Gasteiger partial charge in [0.05, 0.1) is 17.0 Å². The first kappa shape index (κ1) is 17.1. The molecule has 140 valence electrons. The molecular weight excluding hydrogens is 344 g/mol. The van der Waals surface area contributed by atoms with Crippen molar-refractivity contribution in [3.8, 4) is 0 Å². The molecule has 0 radical (unpaired) electrons. The molecule has 0 spiro atoms. The minimum Gasteiger partial charge on any atom is -0.325 e. The van der Waals surface area contributed by atoms with E-state index in [0.29, 0.717) is 0 Å². The molecule has 2 aromatic carbocycles. The topological polar surface area (TPSA) is 50.2 Å². The van der Waals surface area contributed by atoms with Crippen molar-refractivity contribution in [2.75, 3.05) is 5.32 Å². The fourth-order valence-corrected chi connectivity index (χ4v) is 4.13. The van der Waals surface area contributed by atoms with E-state index < -0.39 is 0 Å². The highest BCUT2D eigenvalue weighted by Gasteiger charge is 2.48. The fourth-order valence-electron chi connectivity index (χ4n) is 4.13. The highest BCUT2D eigenvalue weighted by molar-refractivity contribution is 6.09. The van der Waals surface area contributed by atoms with Gasteiger partial charge in [0, 0.05) is 5.39 Å². The third-order valence-electron chi connectivity index (χ3n) is 5.93. The first-order valence-electron chi connectivity index (χ1n) is 10.1. The van der Waals surface area contributed by atoms with Crippen LogP contribution in [0.25, 0.3) is 10.9 Å². The SMILES string of the molecule is CCC1N=C(Nc2nc(C3(c4ccccc4)CC3)nc3ccccc23)C=C1C. The van der Waals surface area contributed by atoms with Crippen LogP contribution in [0.5, 0.6) is 0 Å². The molecule has 0 amide bonds. The summed E-state index contributed by atoms with van der Waals surface area (Å²) in [7, 11) is 0. The zero-order valence-corrected chi connectivity index (χ0v) is 16.3. The number of hydrogen-bond acceptors (Lipinski definition) is 4. The van der Waals surface area contributed by atoms with Gasteiger partial charge in [0.25, 0.3) is 0 Å². The van der Waals surface area contributed by atoms with E-state index in [-0.39, 0.29) is 11.5 Å². The van der Waals surface area contributed by atoms with E-state index in [9.17, 15) is 0 Å². The van der Waals surface area contributed by atoms with Gasteiger partial charge in [-0.25, -0.2) is 9.97 Å². The van der Waals surface area contributed by atoms with Crippen LogP contribution in [0.3, 0.4) is 0 Å². The fraction of sp³-hybridized carbons (Fsp3) is 0.292. The van der Waals surface area contributed by atoms with Gasteiger partial charge in [-0.1, -0.05) is 49.4 Å². The zero-order chi connectivity index (χ0) is 19.1. The summed E-state index contributed by atoms with van der Waals surface area (Å²) in [5, 5.41) is 4.52. The lowest BCUT2D eigenvalue weighted by Crippen LogP contribution is -2.17. The Morgan fingerprint density at radius 1 is 1.00 bits per heavy atom. The van der Waals surface area contributed by atoms with Crippen LogP contribution in [-0.2, 0) is 5.41 Å². The van der Waals surface area contributed by atoms with Crippen LogP contribution in [0.2, 0.25) is 0 Å². The van der Waals surface area contributed by atoms with Crippen molar-refractivity contribution in [1.82, 2.24) is 9.97 Å². The molecule has 0 saturated heterocycles. The number of anilines is 1. The summed E-state index contributed by atoms with van der Waals surface area (Å²) in [4.78, 5) is 14.8. The number of amidine groups is 1. The Bertz CT molecular complexity index is 1090. The van der Waals surface area contributed by atoms with Crippen molar-refractivity contribution < 1.29 is 0 Å². The van der Waals surface area contributed by atoms with Crippen molar-refractivity contribution in [1.29, 1.82) is 0 Å². The Kier molecular flexibility index (Phi) is 4.00. The molecule has 1 aromatic heterocycles. The molecule has 1 aliphatic heterocycles. The standard InChI is InChI=1S/C24H24N4/c1-3-19-16(2)15-21(25-19)27-22-18-11-7-8-12-20(18)26-23(28-22)24(13-14-24)17-9-5-4-6-10-17/h4-12,15,19H,3,13-14H2,1-2H3,(H,25,26,27,28). The molecular formula is C24H24N4. The van der Waals surface area contributed by atoms with Crippen LogP contribution in [0.1, 0.15) is 44.5 Å². The molecule has 2 heterocycles. The lowest BCUT2D eigenvalue weighted by atomic mass is 9.95. The number of nitrogens with one attached hydrogen (secondary N) is 1. The van der Waals surface area contributed by atoms with Gasteiger partial charge in [-0.15, -0.1) is 0 Å². The Morgan fingerprint density at radius 2 is 1.75 bits per heavy atom. The van der Waals surface area contributed by atoms with Crippen molar-refractivity contribution in [3.05, 3.63) is 77.6 Å². The number of aliphatic imine (C=N–C) groups is 1. The summed E-state index contributed by atoms with van der Waals surface area (Å²) in [6.45, 7) is 4.31. The summed E-state index contributed by atoms with van der Waals surface area (Å²) in [6.07, 6.45) is 5.33. The molecule has 1 saturated carbocycles. The predicted octanol–water partition coefficient (Wildman–Crippen LogP) is 5.26. The van der Waals surface area contributed by atoms with Crippen LogP contribution < -0.4 is 5.32 Å². The van der Waals surface area contributed by atoms with E-state index in [1.807, 2.05) is 12.1 Å².